The summed E-state index contributed by atoms with van der Waals surface area (Å²) in [6.07, 6.45) is 65.4. The molecule has 3 N–H and O–H groups in total. The van der Waals surface area contributed by atoms with E-state index in [1.54, 1.807) is 0 Å². The number of rotatable bonds is 83. The molecule has 0 aromatic heterocycles. The highest BCUT2D eigenvalue weighted by Gasteiger charge is 2.30. The van der Waals surface area contributed by atoms with E-state index in [0.717, 1.165) is 108 Å². The molecule has 0 aliphatic heterocycles. The molecule has 104 heavy (non-hydrogen) atoms. The summed E-state index contributed by atoms with van der Waals surface area (Å²) in [7, 11) is -9.93. The van der Waals surface area contributed by atoms with Crippen molar-refractivity contribution in [3.63, 3.8) is 0 Å². The van der Waals surface area contributed by atoms with E-state index < -0.39 is 97.5 Å². The predicted octanol–water partition coefficient (Wildman–Crippen LogP) is 25.7. The molecule has 0 aromatic carbocycles. The van der Waals surface area contributed by atoms with Crippen molar-refractivity contribution in [2.45, 2.75) is 465 Å². The Morgan fingerprint density at radius 2 is 0.490 bits per heavy atom. The van der Waals surface area contributed by atoms with Crippen LogP contribution in [0.15, 0.2) is 0 Å². The molecule has 0 aromatic rings. The Kier molecular flexibility index (Phi) is 73.7. The van der Waals surface area contributed by atoms with Gasteiger partial charge in [0.2, 0.25) is 0 Å². The lowest BCUT2D eigenvalue weighted by Crippen LogP contribution is -2.30. The van der Waals surface area contributed by atoms with E-state index in [2.05, 4.69) is 48.5 Å². The van der Waals surface area contributed by atoms with Gasteiger partial charge in [0, 0.05) is 25.7 Å². The van der Waals surface area contributed by atoms with E-state index in [1.165, 1.54) is 257 Å². The Morgan fingerprint density at radius 3 is 0.731 bits per heavy atom. The molecule has 0 radical (unpaired) electrons. The van der Waals surface area contributed by atoms with Crippen LogP contribution in [0, 0.1) is 17.8 Å². The molecule has 17 nitrogen and oxygen atoms in total. The van der Waals surface area contributed by atoms with Gasteiger partial charge in [-0.1, -0.05) is 395 Å². The summed E-state index contributed by atoms with van der Waals surface area (Å²) < 4.78 is 68.8. The van der Waals surface area contributed by atoms with Crippen LogP contribution in [-0.4, -0.2) is 96.7 Å². The van der Waals surface area contributed by atoms with Crippen LogP contribution in [0.3, 0.4) is 0 Å². The molecule has 0 rings (SSSR count). The standard InChI is InChI=1S/C85H166O17P2/c1-8-10-11-12-13-14-15-16-17-18-19-20-21-22-23-28-31-34-37-47-54-61-68-84(89)101-80(72-95-82(87)66-59-52-45-36-33-30-27-25-24-26-29-32-35-42-49-56-63-76(3)4)74-99-103(91,92)97-70-79(86)71-98-104(93,94)100-75-81(73-96-83(88)67-60-53-46-40-38-43-50-57-64-77(5)6)102-85(90)69-62-55-48-41-39-44-51-58-65-78(7)9-2/h76-81,86H,8-75H2,1-7H3,(H,91,92)(H,93,94)/t78?,79-,80-,81-/m1/s1. The topological polar surface area (TPSA) is 237 Å². The SMILES string of the molecule is CCCCCCCCCCCCCCCCCCCCCCCCC(=O)O[C@H](COC(=O)CCCCCCCCCCCCCCCCCCC(C)C)COP(=O)(O)OC[C@@H](O)COP(=O)(O)OC[C@@H](COC(=O)CCCCCCCCCCC(C)C)OC(=O)CCCCCCCCCCC(C)CC. The molecule has 6 atom stereocenters. The van der Waals surface area contributed by atoms with E-state index in [0.29, 0.717) is 25.7 Å². The van der Waals surface area contributed by atoms with Crippen molar-refractivity contribution in [1.82, 2.24) is 0 Å². The minimum Gasteiger partial charge on any atom is -0.462 e. The fourth-order valence-corrected chi connectivity index (χ4v) is 14.7. The summed E-state index contributed by atoms with van der Waals surface area (Å²) >= 11 is 0. The lowest BCUT2D eigenvalue weighted by molar-refractivity contribution is -0.161. The maximum absolute atomic E-state index is 13.1. The van der Waals surface area contributed by atoms with Crippen molar-refractivity contribution in [2.24, 2.45) is 17.8 Å². The molecule has 19 heteroatoms. The molecule has 0 bridgehead atoms. The molecule has 0 fully saturated rings. The molecular weight excluding hydrogens is 1350 g/mol. The quantitative estimate of drug-likeness (QED) is 0.0222. The second-order valence-electron chi connectivity index (χ2n) is 31.8. The van der Waals surface area contributed by atoms with Crippen LogP contribution in [-0.2, 0) is 65.4 Å². The van der Waals surface area contributed by atoms with Crippen LogP contribution in [0.2, 0.25) is 0 Å². The van der Waals surface area contributed by atoms with Gasteiger partial charge >= 0.3 is 39.5 Å². The van der Waals surface area contributed by atoms with Crippen molar-refractivity contribution in [2.75, 3.05) is 39.6 Å². The fraction of sp³-hybridized carbons (Fsp3) is 0.953. The van der Waals surface area contributed by atoms with E-state index in [9.17, 15) is 43.2 Å². The van der Waals surface area contributed by atoms with Crippen LogP contribution < -0.4 is 0 Å². The zero-order chi connectivity index (χ0) is 76.5. The Labute approximate surface area is 638 Å². The predicted molar refractivity (Wildman–Crippen MR) is 428 cm³/mol. The molecule has 0 heterocycles. The summed E-state index contributed by atoms with van der Waals surface area (Å²) in [4.78, 5) is 73.1. The Balaban J connectivity index is 5.22. The van der Waals surface area contributed by atoms with Crippen molar-refractivity contribution in [3.8, 4) is 0 Å². The van der Waals surface area contributed by atoms with Crippen LogP contribution >= 0.6 is 15.6 Å². The van der Waals surface area contributed by atoms with Crippen molar-refractivity contribution in [1.29, 1.82) is 0 Å². The fourth-order valence-electron chi connectivity index (χ4n) is 13.2. The number of phosphoric ester groups is 2. The summed E-state index contributed by atoms with van der Waals surface area (Å²) in [5.74, 6) is 0.198. The highest BCUT2D eigenvalue weighted by atomic mass is 31.2. The third kappa shape index (κ3) is 76.8. The minimum atomic E-state index is -4.97. The van der Waals surface area contributed by atoms with Crippen molar-refractivity contribution < 1.29 is 80.2 Å². The summed E-state index contributed by atoms with van der Waals surface area (Å²) in [6.45, 7) is 12.0. The number of aliphatic hydroxyl groups is 1. The largest absolute Gasteiger partial charge is 0.472 e. The monoisotopic (exact) mass is 1520 g/mol. The molecule has 0 aliphatic carbocycles. The lowest BCUT2D eigenvalue weighted by Gasteiger charge is -2.21. The Hall–Kier alpha value is -1.94. The summed E-state index contributed by atoms with van der Waals surface area (Å²) in [5, 5.41) is 10.7. The zero-order valence-corrected chi connectivity index (χ0v) is 70.3. The van der Waals surface area contributed by atoms with Crippen LogP contribution in [0.4, 0.5) is 0 Å². The summed E-state index contributed by atoms with van der Waals surface area (Å²) in [5.41, 5.74) is 0. The molecule has 0 saturated carbocycles. The molecule has 618 valence electrons. The lowest BCUT2D eigenvalue weighted by atomic mass is 9.99. The number of unbranched alkanes of at least 4 members (excludes halogenated alkanes) is 50. The van der Waals surface area contributed by atoms with E-state index in [4.69, 9.17) is 37.0 Å². The number of hydrogen-bond donors (Lipinski definition) is 3. The molecule has 0 aliphatic rings. The number of esters is 4. The number of carbonyl (C=O) groups is 4. The highest BCUT2D eigenvalue weighted by Crippen LogP contribution is 2.45. The number of hydrogen-bond acceptors (Lipinski definition) is 15. The van der Waals surface area contributed by atoms with E-state index in [1.807, 2.05) is 0 Å². The van der Waals surface area contributed by atoms with Gasteiger partial charge in [0.1, 0.15) is 19.3 Å². The second-order valence-corrected chi connectivity index (χ2v) is 34.7. The van der Waals surface area contributed by atoms with Crippen LogP contribution in [0.5, 0.6) is 0 Å². The van der Waals surface area contributed by atoms with Gasteiger partial charge in [-0.25, -0.2) is 9.13 Å². The molecule has 3 unspecified atom stereocenters. The first-order chi connectivity index (χ1) is 50.3. The molecule has 0 spiro atoms. The van der Waals surface area contributed by atoms with Gasteiger partial charge in [-0.3, -0.25) is 37.3 Å². The highest BCUT2D eigenvalue weighted by molar-refractivity contribution is 7.47. The van der Waals surface area contributed by atoms with Crippen LogP contribution in [0.25, 0.3) is 0 Å². The van der Waals surface area contributed by atoms with Gasteiger partial charge < -0.3 is 33.8 Å². The smallest absolute Gasteiger partial charge is 0.462 e. The van der Waals surface area contributed by atoms with E-state index >= 15 is 0 Å². The number of phosphoric acid groups is 2. The maximum atomic E-state index is 13.1. The second kappa shape index (κ2) is 75.1. The average Bonchev–Trinajstić information content (AvgIpc) is 0.919. The zero-order valence-electron chi connectivity index (χ0n) is 68.5. The minimum absolute atomic E-state index is 0.105. The van der Waals surface area contributed by atoms with Gasteiger partial charge in [-0.2, -0.15) is 0 Å². The molecular formula is C85H166O17P2. The third-order valence-electron chi connectivity index (χ3n) is 20.2. The van der Waals surface area contributed by atoms with Gasteiger partial charge in [0.15, 0.2) is 12.2 Å². The van der Waals surface area contributed by atoms with Crippen LogP contribution in [0.1, 0.15) is 447 Å². The molecule has 0 amide bonds. The molecule has 0 saturated heterocycles. The third-order valence-corrected chi connectivity index (χ3v) is 22.1. The van der Waals surface area contributed by atoms with E-state index in [-0.39, 0.29) is 25.7 Å². The van der Waals surface area contributed by atoms with Gasteiger partial charge in [0.05, 0.1) is 26.4 Å². The summed E-state index contributed by atoms with van der Waals surface area (Å²) in [6, 6.07) is 0. The van der Waals surface area contributed by atoms with Gasteiger partial charge in [0.25, 0.3) is 0 Å². The van der Waals surface area contributed by atoms with Gasteiger partial charge in [-0.15, -0.1) is 0 Å². The van der Waals surface area contributed by atoms with Gasteiger partial charge in [-0.05, 0) is 43.4 Å². The number of aliphatic hydroxyl groups excluding tert-OH is 1. The first-order valence-electron chi connectivity index (χ1n) is 43.9. The van der Waals surface area contributed by atoms with Crippen molar-refractivity contribution >= 4 is 39.5 Å². The first-order valence-corrected chi connectivity index (χ1v) is 46.9. The first kappa shape index (κ1) is 102. The Morgan fingerprint density at radius 1 is 0.279 bits per heavy atom. The number of ether oxygens (including phenoxy) is 4. The maximum Gasteiger partial charge on any atom is 0.472 e. The Bertz CT molecular complexity index is 2010. The average molecular weight is 1520 g/mol. The number of carbonyl (C=O) groups excluding carboxylic acids is 4. The van der Waals surface area contributed by atoms with Crippen molar-refractivity contribution in [3.05, 3.63) is 0 Å². The normalized spacial score (nSPS) is 14.2.